The van der Waals surface area contributed by atoms with Gasteiger partial charge < -0.3 is 19.8 Å². The van der Waals surface area contributed by atoms with Gasteiger partial charge in [-0.15, -0.1) is 0 Å². The number of furan rings is 1. The van der Waals surface area contributed by atoms with Crippen molar-refractivity contribution in [1.82, 2.24) is 5.32 Å². The van der Waals surface area contributed by atoms with Crippen LogP contribution in [0.25, 0.3) is 0 Å². The van der Waals surface area contributed by atoms with Gasteiger partial charge in [0, 0.05) is 15.7 Å². The zero-order valence-electron chi connectivity index (χ0n) is 15.9. The van der Waals surface area contributed by atoms with Gasteiger partial charge in [-0.3, -0.25) is 9.59 Å². The molecule has 29 heavy (non-hydrogen) atoms. The van der Waals surface area contributed by atoms with Gasteiger partial charge in [0.25, 0.3) is 11.8 Å². The number of carbonyl (C=O) groups excluding carboxylic acids is 2. The molecule has 0 bridgehead atoms. The average Bonchev–Trinajstić information content (AvgIpc) is 3.25. The van der Waals surface area contributed by atoms with E-state index >= 15 is 0 Å². The van der Waals surface area contributed by atoms with Crippen LogP contribution in [0.2, 0.25) is 0 Å². The number of amides is 2. The number of hydrogen-bond donors (Lipinski definition) is 2. The maximum absolute atomic E-state index is 12.7. The summed E-state index contributed by atoms with van der Waals surface area (Å²) in [6.45, 7) is 2.85. The van der Waals surface area contributed by atoms with Crippen LogP contribution in [0.1, 0.15) is 39.8 Å². The van der Waals surface area contributed by atoms with Crippen LogP contribution in [0.4, 0.5) is 5.69 Å². The Labute approximate surface area is 177 Å². The predicted molar refractivity (Wildman–Crippen MR) is 114 cm³/mol. The minimum atomic E-state index is -0.285. The first kappa shape index (κ1) is 20.7. The molecule has 0 radical (unpaired) electrons. The van der Waals surface area contributed by atoms with E-state index in [0.717, 1.165) is 10.9 Å². The first-order valence-corrected chi connectivity index (χ1v) is 10.0. The maximum Gasteiger partial charge on any atom is 0.259 e. The number of ether oxygens (including phenoxy) is 1. The minimum absolute atomic E-state index is 0.221. The highest BCUT2D eigenvalue weighted by Gasteiger charge is 2.14. The molecule has 0 saturated heterocycles. The summed E-state index contributed by atoms with van der Waals surface area (Å²) in [7, 11) is 0. The van der Waals surface area contributed by atoms with Crippen LogP contribution in [0.5, 0.6) is 5.75 Å². The van der Waals surface area contributed by atoms with Gasteiger partial charge in [-0.05, 0) is 61.0 Å². The SMILES string of the molecule is CCCOc1ccc(Br)cc1C(=O)Nc1ccc(C(=O)NCc2ccco2)cc1. The van der Waals surface area contributed by atoms with Crippen molar-refractivity contribution in [2.45, 2.75) is 19.9 Å². The molecule has 0 aliphatic rings. The third-order valence-electron chi connectivity index (χ3n) is 4.06. The Hall–Kier alpha value is -3.06. The minimum Gasteiger partial charge on any atom is -0.493 e. The third kappa shape index (κ3) is 5.71. The number of nitrogens with one attached hydrogen (secondary N) is 2. The zero-order valence-corrected chi connectivity index (χ0v) is 17.5. The number of halogens is 1. The lowest BCUT2D eigenvalue weighted by Gasteiger charge is -2.12. The summed E-state index contributed by atoms with van der Waals surface area (Å²) >= 11 is 3.39. The van der Waals surface area contributed by atoms with Crippen molar-refractivity contribution in [3.63, 3.8) is 0 Å². The second kappa shape index (κ2) is 9.93. The van der Waals surface area contributed by atoms with E-state index in [1.807, 2.05) is 13.0 Å². The molecular formula is C22H21BrN2O4. The molecule has 1 aromatic heterocycles. The van der Waals surface area contributed by atoms with E-state index in [-0.39, 0.29) is 11.8 Å². The monoisotopic (exact) mass is 456 g/mol. The molecule has 0 spiro atoms. The summed E-state index contributed by atoms with van der Waals surface area (Å²) in [4.78, 5) is 24.9. The average molecular weight is 457 g/mol. The van der Waals surface area contributed by atoms with Crippen LogP contribution in [-0.4, -0.2) is 18.4 Å². The Kier molecular flexibility index (Phi) is 7.08. The highest BCUT2D eigenvalue weighted by Crippen LogP contribution is 2.25. The van der Waals surface area contributed by atoms with Crippen molar-refractivity contribution in [3.8, 4) is 5.75 Å². The fourth-order valence-electron chi connectivity index (χ4n) is 2.60. The number of benzene rings is 2. The molecule has 0 aliphatic carbocycles. The summed E-state index contributed by atoms with van der Waals surface area (Å²) < 4.78 is 11.6. The van der Waals surface area contributed by atoms with Gasteiger partial charge in [-0.2, -0.15) is 0 Å². The van der Waals surface area contributed by atoms with Crippen LogP contribution >= 0.6 is 15.9 Å². The second-order valence-electron chi connectivity index (χ2n) is 6.28. The summed E-state index contributed by atoms with van der Waals surface area (Å²) in [6, 6.07) is 15.6. The molecule has 0 saturated carbocycles. The molecule has 6 nitrogen and oxygen atoms in total. The van der Waals surface area contributed by atoms with Gasteiger partial charge in [0.15, 0.2) is 0 Å². The van der Waals surface area contributed by atoms with Crippen LogP contribution in [0.3, 0.4) is 0 Å². The molecule has 0 fully saturated rings. The van der Waals surface area contributed by atoms with Gasteiger partial charge in [0.2, 0.25) is 0 Å². The van der Waals surface area contributed by atoms with Crippen molar-refractivity contribution in [2.75, 3.05) is 11.9 Å². The van der Waals surface area contributed by atoms with Crippen LogP contribution in [-0.2, 0) is 6.54 Å². The molecule has 0 unspecified atom stereocenters. The van der Waals surface area contributed by atoms with E-state index < -0.39 is 0 Å². The molecule has 0 aliphatic heterocycles. The van der Waals surface area contributed by atoms with Crippen molar-refractivity contribution in [2.24, 2.45) is 0 Å². The van der Waals surface area contributed by atoms with E-state index in [0.29, 0.717) is 41.5 Å². The van der Waals surface area contributed by atoms with Gasteiger partial charge in [-0.25, -0.2) is 0 Å². The zero-order chi connectivity index (χ0) is 20.6. The van der Waals surface area contributed by atoms with E-state index in [9.17, 15) is 9.59 Å². The molecule has 7 heteroatoms. The maximum atomic E-state index is 12.7. The Morgan fingerprint density at radius 1 is 1.07 bits per heavy atom. The fraction of sp³-hybridized carbons (Fsp3) is 0.182. The Balaban J connectivity index is 1.64. The standard InChI is InChI=1S/C22H21BrN2O4/c1-2-11-29-20-10-7-16(23)13-19(20)22(27)25-17-8-5-15(6-9-17)21(26)24-14-18-4-3-12-28-18/h3-10,12-13H,2,11,14H2,1H3,(H,24,26)(H,25,27). The Morgan fingerprint density at radius 3 is 2.55 bits per heavy atom. The lowest BCUT2D eigenvalue weighted by molar-refractivity contribution is 0.0947. The number of hydrogen-bond acceptors (Lipinski definition) is 4. The Morgan fingerprint density at radius 2 is 1.86 bits per heavy atom. The van der Waals surface area contributed by atoms with Crippen molar-refractivity contribution in [3.05, 3.63) is 82.2 Å². The third-order valence-corrected chi connectivity index (χ3v) is 4.55. The first-order chi connectivity index (χ1) is 14.1. The normalized spacial score (nSPS) is 10.4. The summed E-state index contributed by atoms with van der Waals surface area (Å²) in [5, 5.41) is 5.62. The summed E-state index contributed by atoms with van der Waals surface area (Å²) in [6.07, 6.45) is 2.41. The van der Waals surface area contributed by atoms with Gasteiger partial charge >= 0.3 is 0 Å². The van der Waals surface area contributed by atoms with Crippen LogP contribution in [0, 0.1) is 0 Å². The van der Waals surface area contributed by atoms with E-state index in [1.54, 1.807) is 54.8 Å². The molecule has 150 valence electrons. The number of anilines is 1. The Bertz CT molecular complexity index is 969. The second-order valence-corrected chi connectivity index (χ2v) is 7.20. The van der Waals surface area contributed by atoms with E-state index in [2.05, 4.69) is 26.6 Å². The lowest BCUT2D eigenvalue weighted by Crippen LogP contribution is -2.22. The van der Waals surface area contributed by atoms with E-state index in [1.165, 1.54) is 0 Å². The molecule has 0 atom stereocenters. The number of carbonyl (C=O) groups is 2. The molecular weight excluding hydrogens is 436 g/mol. The van der Waals surface area contributed by atoms with Gasteiger partial charge in [0.1, 0.15) is 11.5 Å². The van der Waals surface area contributed by atoms with Crippen molar-refractivity contribution >= 4 is 33.4 Å². The molecule has 2 amide bonds. The highest BCUT2D eigenvalue weighted by atomic mass is 79.9. The van der Waals surface area contributed by atoms with Crippen LogP contribution in [0.15, 0.2) is 69.8 Å². The highest BCUT2D eigenvalue weighted by molar-refractivity contribution is 9.10. The molecule has 3 aromatic rings. The molecule has 3 rings (SSSR count). The predicted octanol–water partition coefficient (Wildman–Crippen LogP) is 5.01. The summed E-state index contributed by atoms with van der Waals surface area (Å²) in [5.74, 6) is 0.702. The molecule has 1 heterocycles. The van der Waals surface area contributed by atoms with Crippen molar-refractivity contribution in [1.29, 1.82) is 0 Å². The largest absolute Gasteiger partial charge is 0.493 e. The van der Waals surface area contributed by atoms with Gasteiger partial charge in [0.05, 0.1) is 25.0 Å². The van der Waals surface area contributed by atoms with Crippen LogP contribution < -0.4 is 15.4 Å². The number of rotatable bonds is 8. The quantitative estimate of drug-likeness (QED) is 0.498. The van der Waals surface area contributed by atoms with E-state index in [4.69, 9.17) is 9.15 Å². The molecule has 2 N–H and O–H groups in total. The topological polar surface area (TPSA) is 80.6 Å². The summed E-state index contributed by atoms with van der Waals surface area (Å²) in [5.41, 5.74) is 1.51. The fourth-order valence-corrected chi connectivity index (χ4v) is 2.96. The smallest absolute Gasteiger partial charge is 0.259 e. The van der Waals surface area contributed by atoms with Crippen molar-refractivity contribution < 1.29 is 18.7 Å². The van der Waals surface area contributed by atoms with Gasteiger partial charge in [-0.1, -0.05) is 22.9 Å². The first-order valence-electron chi connectivity index (χ1n) is 9.21. The molecule has 2 aromatic carbocycles. The lowest BCUT2D eigenvalue weighted by atomic mass is 10.1.